The normalized spacial score (nSPS) is 32.5. The van der Waals surface area contributed by atoms with Crippen LogP contribution in [0, 0.1) is 42.4 Å². The summed E-state index contributed by atoms with van der Waals surface area (Å²) >= 11 is 0. The molecule has 3 fully saturated rings. The molecule has 162 valence electrons. The number of hydrogen-bond acceptors (Lipinski definition) is 4. The van der Waals surface area contributed by atoms with Crippen LogP contribution in [0.2, 0.25) is 0 Å². The van der Waals surface area contributed by atoms with E-state index in [9.17, 15) is 14.4 Å². The van der Waals surface area contributed by atoms with Crippen molar-refractivity contribution >= 4 is 23.3 Å². The van der Waals surface area contributed by atoms with Gasteiger partial charge < -0.3 is 4.74 Å². The van der Waals surface area contributed by atoms with E-state index in [1.54, 1.807) is 43.3 Å². The minimum absolute atomic E-state index is 0.127. The van der Waals surface area contributed by atoms with E-state index in [1.165, 1.54) is 4.90 Å². The second kappa shape index (κ2) is 6.89. The summed E-state index contributed by atoms with van der Waals surface area (Å²) in [5.41, 5.74) is 2.09. The van der Waals surface area contributed by atoms with E-state index < -0.39 is 6.10 Å². The van der Waals surface area contributed by atoms with Crippen LogP contribution in [0.3, 0.4) is 0 Å². The number of rotatable bonds is 5. The fourth-order valence-corrected chi connectivity index (χ4v) is 6.13. The van der Waals surface area contributed by atoms with Crippen LogP contribution >= 0.6 is 0 Å². The van der Waals surface area contributed by atoms with Gasteiger partial charge in [-0.1, -0.05) is 54.1 Å². The number of benzene rings is 2. The van der Waals surface area contributed by atoms with Gasteiger partial charge in [-0.25, -0.2) is 4.90 Å². The van der Waals surface area contributed by atoms with Gasteiger partial charge in [-0.15, -0.1) is 0 Å². The average molecular weight is 428 g/mol. The van der Waals surface area contributed by atoms with Gasteiger partial charge >= 0.3 is 0 Å². The van der Waals surface area contributed by atoms with E-state index in [4.69, 9.17) is 4.74 Å². The number of para-hydroxylation sites is 2. The molecule has 0 radical (unpaired) electrons. The molecule has 4 aliphatic carbocycles. The third-order valence-electron chi connectivity index (χ3n) is 7.78. The lowest BCUT2D eigenvalue weighted by molar-refractivity contribution is -0.124. The second-order valence-corrected chi connectivity index (χ2v) is 9.62. The Morgan fingerprint density at radius 1 is 0.938 bits per heavy atom. The number of hydrogen-bond donors (Lipinski definition) is 0. The van der Waals surface area contributed by atoms with Gasteiger partial charge in [-0.05, 0) is 56.1 Å². The van der Waals surface area contributed by atoms with Crippen molar-refractivity contribution in [2.45, 2.75) is 26.4 Å². The monoisotopic (exact) mass is 427 g/mol. The number of Topliss-reactive ketones (excluding diaryl/α,β-unsaturated/α-hetero) is 1. The lowest BCUT2D eigenvalue weighted by Gasteiger charge is -2.37. The van der Waals surface area contributed by atoms with Gasteiger partial charge in [0.1, 0.15) is 5.75 Å². The molecule has 7 rings (SSSR count). The third-order valence-corrected chi connectivity index (χ3v) is 7.78. The van der Waals surface area contributed by atoms with E-state index >= 15 is 0 Å². The lowest BCUT2D eigenvalue weighted by Crippen LogP contribution is -2.40. The number of amides is 2. The molecule has 2 aromatic rings. The number of aryl methyl sites for hydroxylation is 1. The number of anilines is 1. The molecule has 7 atom stereocenters. The van der Waals surface area contributed by atoms with Gasteiger partial charge in [0.05, 0.1) is 17.5 Å². The first kappa shape index (κ1) is 19.5. The Kier molecular flexibility index (Phi) is 4.19. The summed E-state index contributed by atoms with van der Waals surface area (Å²) in [6.45, 7) is 3.67. The van der Waals surface area contributed by atoms with Crippen molar-refractivity contribution < 1.29 is 19.1 Å². The molecule has 0 N–H and O–H groups in total. The topological polar surface area (TPSA) is 63.7 Å². The Bertz CT molecular complexity index is 1130. The Morgan fingerprint density at radius 3 is 2.16 bits per heavy atom. The van der Waals surface area contributed by atoms with Gasteiger partial charge in [0.15, 0.2) is 6.10 Å². The zero-order valence-electron chi connectivity index (χ0n) is 18.1. The van der Waals surface area contributed by atoms with Crippen molar-refractivity contribution in [3.63, 3.8) is 0 Å². The number of allylic oxidation sites excluding steroid dienone is 2. The predicted octanol–water partition coefficient (Wildman–Crippen LogP) is 4.20. The van der Waals surface area contributed by atoms with Crippen molar-refractivity contribution in [3.8, 4) is 5.75 Å². The maximum absolute atomic E-state index is 13.5. The molecule has 1 heterocycles. The highest BCUT2D eigenvalue weighted by molar-refractivity contribution is 6.23. The zero-order valence-corrected chi connectivity index (χ0v) is 18.1. The lowest BCUT2D eigenvalue weighted by atomic mass is 9.63. The molecule has 0 aromatic heterocycles. The molecule has 5 heteroatoms. The molecule has 5 aliphatic rings. The summed E-state index contributed by atoms with van der Waals surface area (Å²) in [6.07, 6.45) is 4.71. The first-order valence-corrected chi connectivity index (χ1v) is 11.4. The summed E-state index contributed by atoms with van der Waals surface area (Å²) in [5.74, 6) is 0.917. The number of imide groups is 1. The fraction of sp³-hybridized carbons (Fsp3) is 0.370. The molecule has 32 heavy (non-hydrogen) atoms. The summed E-state index contributed by atoms with van der Waals surface area (Å²) in [5, 5.41) is 0. The first-order chi connectivity index (χ1) is 15.5. The Balaban J connectivity index is 1.29. The van der Waals surface area contributed by atoms with Crippen LogP contribution < -0.4 is 9.64 Å². The molecule has 1 aliphatic heterocycles. The highest BCUT2D eigenvalue weighted by Crippen LogP contribution is 2.65. The smallest absolute Gasteiger partial charge is 0.238 e. The maximum atomic E-state index is 13.5. The van der Waals surface area contributed by atoms with Crippen LogP contribution in [-0.2, 0) is 9.59 Å². The van der Waals surface area contributed by atoms with Gasteiger partial charge in [0, 0.05) is 5.56 Å². The molecule has 1 saturated heterocycles. The molecule has 5 nitrogen and oxygen atoms in total. The van der Waals surface area contributed by atoms with Crippen LogP contribution in [0.1, 0.15) is 29.3 Å². The number of ketones is 1. The minimum atomic E-state index is -0.751. The van der Waals surface area contributed by atoms with E-state index in [-0.39, 0.29) is 41.3 Å². The van der Waals surface area contributed by atoms with Crippen LogP contribution in [0.4, 0.5) is 5.69 Å². The number of carbonyl (C=O) groups is 3. The van der Waals surface area contributed by atoms with Gasteiger partial charge in [-0.2, -0.15) is 0 Å². The van der Waals surface area contributed by atoms with Crippen molar-refractivity contribution in [2.75, 3.05) is 4.90 Å². The van der Waals surface area contributed by atoms with Crippen molar-refractivity contribution in [1.29, 1.82) is 0 Å². The zero-order chi connectivity index (χ0) is 22.1. The molecule has 2 bridgehead atoms. The maximum Gasteiger partial charge on any atom is 0.238 e. The van der Waals surface area contributed by atoms with Gasteiger partial charge in [0.2, 0.25) is 17.6 Å². The SMILES string of the molecule is Cc1ccc(C(=O)[C@H](C)Oc2ccccc2N2C(=O)[C@@H]3[C@@H]4C=C[C@H]([C@H]5C[C@H]45)[C@@H]3C2=O)cc1. The van der Waals surface area contributed by atoms with Crippen LogP contribution in [-0.4, -0.2) is 23.7 Å². The molecular formula is C27H25NO4. The largest absolute Gasteiger partial charge is 0.480 e. The van der Waals surface area contributed by atoms with E-state index in [0.29, 0.717) is 28.8 Å². The van der Waals surface area contributed by atoms with Crippen molar-refractivity contribution in [1.82, 2.24) is 0 Å². The second-order valence-electron chi connectivity index (χ2n) is 9.62. The van der Waals surface area contributed by atoms with Crippen molar-refractivity contribution in [2.24, 2.45) is 35.5 Å². The molecule has 2 amide bonds. The van der Waals surface area contributed by atoms with Crippen LogP contribution in [0.15, 0.2) is 60.7 Å². The quantitative estimate of drug-likeness (QED) is 0.408. The van der Waals surface area contributed by atoms with E-state index in [0.717, 1.165) is 12.0 Å². The molecular weight excluding hydrogens is 402 g/mol. The summed E-state index contributed by atoms with van der Waals surface area (Å²) in [4.78, 5) is 41.2. The highest BCUT2D eigenvalue weighted by atomic mass is 16.5. The summed E-state index contributed by atoms with van der Waals surface area (Å²) in [7, 11) is 0. The Morgan fingerprint density at radius 2 is 1.53 bits per heavy atom. The first-order valence-electron chi connectivity index (χ1n) is 11.4. The van der Waals surface area contributed by atoms with E-state index in [1.807, 2.05) is 19.1 Å². The summed E-state index contributed by atoms with van der Waals surface area (Å²) < 4.78 is 6.04. The molecule has 0 unspecified atom stereocenters. The van der Waals surface area contributed by atoms with Crippen LogP contribution in [0.25, 0.3) is 0 Å². The average Bonchev–Trinajstić information content (AvgIpc) is 3.58. The predicted molar refractivity (Wildman–Crippen MR) is 119 cm³/mol. The Labute approximate surface area is 187 Å². The molecule has 0 spiro atoms. The third kappa shape index (κ3) is 2.73. The standard InChI is InChI=1S/C27H25NO4/c1-14-7-9-16(10-8-14)25(29)15(2)32-22-6-4-3-5-21(22)28-26(30)23-17-11-12-18(20-13-19(17)20)24(23)27(28)31/h3-12,15,17-20,23-24H,13H2,1-2H3/t15-,17+,18+,19+,20+,23-,24+/m0/s1. The number of nitrogens with zero attached hydrogens (tertiary/aromatic N) is 1. The van der Waals surface area contributed by atoms with Gasteiger partial charge in [0.25, 0.3) is 0 Å². The highest BCUT2D eigenvalue weighted by Gasteiger charge is 2.67. The number of ether oxygens (including phenoxy) is 1. The molecule has 2 saturated carbocycles. The minimum Gasteiger partial charge on any atom is -0.480 e. The van der Waals surface area contributed by atoms with E-state index in [2.05, 4.69) is 12.2 Å². The summed E-state index contributed by atoms with van der Waals surface area (Å²) in [6, 6.07) is 14.4. The molecule has 2 aromatic carbocycles. The Hall–Kier alpha value is -3.21. The van der Waals surface area contributed by atoms with Gasteiger partial charge in [-0.3, -0.25) is 14.4 Å². The number of carbonyl (C=O) groups excluding carboxylic acids is 3. The fourth-order valence-electron chi connectivity index (χ4n) is 6.13. The van der Waals surface area contributed by atoms with Crippen molar-refractivity contribution in [3.05, 3.63) is 71.8 Å². The van der Waals surface area contributed by atoms with Crippen LogP contribution in [0.5, 0.6) is 5.75 Å².